The summed E-state index contributed by atoms with van der Waals surface area (Å²) < 4.78 is 46.9. The summed E-state index contributed by atoms with van der Waals surface area (Å²) in [6.07, 6.45) is 2.60. The maximum Gasteiger partial charge on any atom is 0.326 e. The molecule has 10 heteroatoms. The van der Waals surface area contributed by atoms with E-state index in [-0.39, 0.29) is 6.04 Å². The number of rotatable bonds is 7. The molecular formula is C17H24FN3O5S. The summed E-state index contributed by atoms with van der Waals surface area (Å²) in [5.74, 6) is -2.03. The molecule has 150 valence electrons. The zero-order valence-corrected chi connectivity index (χ0v) is 15.9. The fourth-order valence-electron chi connectivity index (χ4n) is 3.52. The number of anilines is 1. The second-order valence-electron chi connectivity index (χ2n) is 6.68. The highest BCUT2D eigenvalue weighted by atomic mass is 32.2. The van der Waals surface area contributed by atoms with Crippen LogP contribution in [0.3, 0.4) is 0 Å². The van der Waals surface area contributed by atoms with Gasteiger partial charge in [-0.3, -0.25) is 4.79 Å². The Bertz CT molecular complexity index is 830. The van der Waals surface area contributed by atoms with Crippen LogP contribution in [0.25, 0.3) is 0 Å². The quantitative estimate of drug-likeness (QED) is 0.577. The van der Waals surface area contributed by atoms with E-state index >= 15 is 4.39 Å². The average molecular weight is 401 g/mol. The minimum Gasteiger partial charge on any atom is -0.506 e. The van der Waals surface area contributed by atoms with Crippen LogP contribution < -0.4 is 14.3 Å². The molecule has 0 spiro atoms. The number of halogens is 1. The third-order valence-electron chi connectivity index (χ3n) is 4.80. The number of nitrogens with zero attached hydrogens (tertiary/aromatic N) is 1. The number of aryl methyl sites for hydroxylation is 1. The van der Waals surface area contributed by atoms with Crippen LogP contribution in [0.2, 0.25) is 0 Å². The first-order valence-corrected chi connectivity index (χ1v) is 10.4. The van der Waals surface area contributed by atoms with E-state index in [2.05, 4.69) is 5.32 Å². The molecule has 8 nitrogen and oxygen atoms in total. The van der Waals surface area contributed by atoms with Gasteiger partial charge in [0.2, 0.25) is 0 Å². The number of carbonyl (C=O) groups is 1. The Morgan fingerprint density at radius 3 is 2.93 bits per heavy atom. The lowest BCUT2D eigenvalue weighted by atomic mass is 9.87. The van der Waals surface area contributed by atoms with Crippen molar-refractivity contribution in [2.45, 2.75) is 38.6 Å². The molecule has 3 N–H and O–H groups in total. The van der Waals surface area contributed by atoms with E-state index in [9.17, 15) is 18.3 Å². The van der Waals surface area contributed by atoms with Gasteiger partial charge in [-0.15, -0.1) is 0 Å². The van der Waals surface area contributed by atoms with Gasteiger partial charge in [0.05, 0.1) is 0 Å². The Labute approximate surface area is 157 Å². The van der Waals surface area contributed by atoms with Crippen LogP contribution in [-0.2, 0) is 32.6 Å². The predicted octanol–water partition coefficient (Wildman–Crippen LogP) is 0.586. The molecule has 1 aromatic carbocycles. The Hall–Kier alpha value is -1.91. The van der Waals surface area contributed by atoms with Crippen molar-refractivity contribution >= 4 is 21.8 Å². The number of hydrogen-bond acceptors (Lipinski definition) is 6. The van der Waals surface area contributed by atoms with E-state index in [1.54, 1.807) is 4.72 Å². The zero-order chi connectivity index (χ0) is 19.6. The van der Waals surface area contributed by atoms with Crippen molar-refractivity contribution in [3.05, 3.63) is 23.0 Å². The maximum atomic E-state index is 15.1. The molecule has 0 bridgehead atoms. The van der Waals surface area contributed by atoms with Gasteiger partial charge >= 0.3 is 10.2 Å². The Kier molecular flexibility index (Phi) is 5.87. The van der Waals surface area contributed by atoms with Gasteiger partial charge in [-0.25, -0.2) is 13.4 Å². The Morgan fingerprint density at radius 1 is 1.48 bits per heavy atom. The van der Waals surface area contributed by atoms with E-state index in [0.29, 0.717) is 41.5 Å². The first-order chi connectivity index (χ1) is 12.8. The lowest BCUT2D eigenvalue weighted by Gasteiger charge is -2.28. The van der Waals surface area contributed by atoms with Crippen molar-refractivity contribution < 1.29 is 27.4 Å². The summed E-state index contributed by atoms with van der Waals surface area (Å²) in [5, 5.41) is 13.6. The van der Waals surface area contributed by atoms with Crippen molar-refractivity contribution in [3.8, 4) is 5.75 Å². The normalized spacial score (nSPS) is 21.2. The van der Waals surface area contributed by atoms with Gasteiger partial charge in [-0.2, -0.15) is 8.42 Å². The maximum absolute atomic E-state index is 15.1. The summed E-state index contributed by atoms with van der Waals surface area (Å²) in [7, 11) is -4.19. The topological polar surface area (TPSA) is 108 Å². The molecule has 1 amide bonds. The number of phenolic OH excluding ortho intramolecular Hbond substituents is 1. The van der Waals surface area contributed by atoms with E-state index in [0.717, 1.165) is 19.4 Å². The highest BCUT2D eigenvalue weighted by Crippen LogP contribution is 2.39. The molecule has 0 saturated carbocycles. The van der Waals surface area contributed by atoms with Gasteiger partial charge in [0.1, 0.15) is 18.0 Å². The summed E-state index contributed by atoms with van der Waals surface area (Å²) in [4.78, 5) is 11.4. The van der Waals surface area contributed by atoms with Crippen LogP contribution in [-0.4, -0.2) is 51.8 Å². The Morgan fingerprint density at radius 2 is 2.26 bits per heavy atom. The second-order valence-corrected chi connectivity index (χ2v) is 8.27. The minimum atomic E-state index is -4.19. The van der Waals surface area contributed by atoms with E-state index in [4.69, 9.17) is 4.74 Å². The molecule has 0 unspecified atom stereocenters. The van der Waals surface area contributed by atoms with Crippen molar-refractivity contribution in [2.24, 2.45) is 0 Å². The first kappa shape index (κ1) is 19.8. The molecule has 1 aliphatic carbocycles. The van der Waals surface area contributed by atoms with Gasteiger partial charge in [-0.1, -0.05) is 0 Å². The number of phenols is 1. The fourth-order valence-corrected chi connectivity index (χ4v) is 4.68. The molecular weight excluding hydrogens is 377 g/mol. The van der Waals surface area contributed by atoms with E-state index in [1.807, 2.05) is 6.92 Å². The lowest BCUT2D eigenvalue weighted by molar-refractivity contribution is -0.117. The number of fused-ring (bicyclic) bond motifs is 1. The third kappa shape index (κ3) is 4.17. The van der Waals surface area contributed by atoms with Crippen molar-refractivity contribution in [1.82, 2.24) is 10.0 Å². The van der Waals surface area contributed by atoms with Gasteiger partial charge in [0.15, 0.2) is 5.82 Å². The van der Waals surface area contributed by atoms with Gasteiger partial charge in [-0.05, 0) is 56.3 Å². The van der Waals surface area contributed by atoms with E-state index < -0.39 is 39.9 Å². The van der Waals surface area contributed by atoms with Crippen molar-refractivity contribution in [3.63, 3.8) is 0 Å². The van der Waals surface area contributed by atoms with Crippen LogP contribution in [0.1, 0.15) is 30.9 Å². The van der Waals surface area contributed by atoms with Crippen LogP contribution in [0.4, 0.5) is 10.1 Å². The number of benzene rings is 1. The molecule has 1 aliphatic heterocycles. The zero-order valence-electron chi connectivity index (χ0n) is 15.1. The summed E-state index contributed by atoms with van der Waals surface area (Å²) in [6.45, 7) is 3.46. The number of hydrogen-bond donors (Lipinski definition) is 3. The predicted molar refractivity (Wildman–Crippen MR) is 97.4 cm³/mol. The lowest BCUT2D eigenvalue weighted by Crippen LogP contribution is -2.36. The molecule has 2 aliphatic rings. The Balaban J connectivity index is 1.79. The number of aromatic hydroxyl groups is 1. The SMILES string of the molecule is CCOCCCN[C@@H]1CCc2cc(O)c(N3CC(=O)NS3(=O)=O)c(F)c2C1. The molecule has 1 heterocycles. The average Bonchev–Trinajstić information content (AvgIpc) is 2.87. The first-order valence-electron chi connectivity index (χ1n) is 9.01. The van der Waals surface area contributed by atoms with Crippen LogP contribution in [0.5, 0.6) is 5.75 Å². The molecule has 1 aromatic rings. The highest BCUT2D eigenvalue weighted by Gasteiger charge is 2.39. The summed E-state index contributed by atoms with van der Waals surface area (Å²) in [6, 6.07) is 1.46. The number of ether oxygens (including phenoxy) is 1. The number of nitrogens with one attached hydrogen (secondary N) is 2. The monoisotopic (exact) mass is 401 g/mol. The van der Waals surface area contributed by atoms with E-state index in [1.165, 1.54) is 6.07 Å². The van der Waals surface area contributed by atoms with Crippen LogP contribution in [0.15, 0.2) is 6.07 Å². The summed E-state index contributed by atoms with van der Waals surface area (Å²) >= 11 is 0. The van der Waals surface area contributed by atoms with Crippen molar-refractivity contribution in [1.29, 1.82) is 0 Å². The van der Waals surface area contributed by atoms with Gasteiger partial charge in [0, 0.05) is 19.3 Å². The second kappa shape index (κ2) is 7.99. The van der Waals surface area contributed by atoms with Crippen LogP contribution >= 0.6 is 0 Å². The fraction of sp³-hybridized carbons (Fsp3) is 0.588. The van der Waals surface area contributed by atoms with Crippen LogP contribution in [0, 0.1) is 5.82 Å². The smallest absolute Gasteiger partial charge is 0.326 e. The molecule has 0 radical (unpaired) electrons. The largest absolute Gasteiger partial charge is 0.506 e. The van der Waals surface area contributed by atoms with Gasteiger partial charge < -0.3 is 15.2 Å². The molecule has 3 rings (SSSR count). The molecule has 1 atom stereocenters. The van der Waals surface area contributed by atoms with Gasteiger partial charge in [0.25, 0.3) is 5.91 Å². The molecule has 27 heavy (non-hydrogen) atoms. The number of amides is 1. The minimum absolute atomic E-state index is 0.0564. The highest BCUT2D eigenvalue weighted by molar-refractivity contribution is 7.92. The standard InChI is InChI=1S/C17H24FN3O5S/c1-2-26-7-3-6-19-12-5-4-11-8-14(22)17(16(18)13(11)9-12)21-10-15(23)20-27(21,24)25/h8,12,19,22H,2-7,9-10H2,1H3,(H,20,23)/t12-/m1/s1. The molecule has 1 fully saturated rings. The molecule has 0 aromatic heterocycles. The summed E-state index contributed by atoms with van der Waals surface area (Å²) in [5.41, 5.74) is 0.576. The number of carbonyl (C=O) groups excluding carboxylic acids is 1. The molecule has 1 saturated heterocycles. The third-order valence-corrected chi connectivity index (χ3v) is 6.18. The van der Waals surface area contributed by atoms with Crippen molar-refractivity contribution in [2.75, 3.05) is 30.6 Å².